The van der Waals surface area contributed by atoms with Crippen molar-refractivity contribution in [1.82, 2.24) is 19.7 Å². The summed E-state index contributed by atoms with van der Waals surface area (Å²) in [6.07, 6.45) is 0.288. The first-order valence-corrected chi connectivity index (χ1v) is 9.35. The maximum atomic E-state index is 12.6. The van der Waals surface area contributed by atoms with Crippen molar-refractivity contribution in [2.24, 2.45) is 0 Å². The lowest BCUT2D eigenvalue weighted by molar-refractivity contribution is -0.116. The molecule has 0 bridgehead atoms. The molecule has 8 heteroatoms. The van der Waals surface area contributed by atoms with Crippen LogP contribution < -0.4 is 14.8 Å². The number of hydrogen-bond acceptors (Lipinski definition) is 6. The number of aromatic nitrogens is 4. The molecule has 0 saturated carbocycles. The number of fused-ring (bicyclic) bond motifs is 1. The molecule has 0 spiro atoms. The van der Waals surface area contributed by atoms with E-state index >= 15 is 0 Å². The Morgan fingerprint density at radius 2 is 1.79 bits per heavy atom. The number of nitrogens with one attached hydrogen (secondary N) is 1. The van der Waals surface area contributed by atoms with Gasteiger partial charge in [0.25, 0.3) is 5.95 Å². The molecule has 1 aromatic carbocycles. The van der Waals surface area contributed by atoms with Crippen LogP contribution in [0.4, 0.5) is 5.82 Å². The first kappa shape index (κ1) is 18.9. The number of hydrogen-bond donors (Lipinski definition) is 1. The average Bonchev–Trinajstić information content (AvgIpc) is 3.02. The molecule has 1 atom stereocenters. The van der Waals surface area contributed by atoms with Crippen molar-refractivity contribution in [3.8, 4) is 17.4 Å². The van der Waals surface area contributed by atoms with E-state index in [0.717, 1.165) is 28.2 Å². The number of rotatable bonds is 4. The number of benzene rings is 1. The third-order valence-electron chi connectivity index (χ3n) is 5.07. The van der Waals surface area contributed by atoms with Gasteiger partial charge in [-0.25, -0.2) is 9.97 Å². The van der Waals surface area contributed by atoms with Gasteiger partial charge in [-0.05, 0) is 45.0 Å². The number of anilines is 1. The van der Waals surface area contributed by atoms with E-state index in [0.29, 0.717) is 23.3 Å². The molecule has 29 heavy (non-hydrogen) atoms. The third kappa shape index (κ3) is 3.30. The van der Waals surface area contributed by atoms with Crippen molar-refractivity contribution < 1.29 is 14.3 Å². The molecule has 0 aliphatic carbocycles. The van der Waals surface area contributed by atoms with E-state index in [9.17, 15) is 4.79 Å². The van der Waals surface area contributed by atoms with Gasteiger partial charge in [0.2, 0.25) is 5.91 Å². The van der Waals surface area contributed by atoms with Crippen molar-refractivity contribution in [2.75, 3.05) is 19.5 Å². The number of nitrogens with zero attached hydrogens (tertiary/aromatic N) is 4. The minimum absolute atomic E-state index is 0.0992. The SMILES string of the molecule is COc1ccc(OC)c(C2CC(=O)Nc3c2c(C)nn3-c2nc(C)cc(C)n2)c1. The molecule has 1 aliphatic rings. The highest BCUT2D eigenvalue weighted by Crippen LogP contribution is 2.43. The van der Waals surface area contributed by atoms with Crippen molar-refractivity contribution in [1.29, 1.82) is 0 Å². The Morgan fingerprint density at radius 1 is 1.07 bits per heavy atom. The molecule has 8 nitrogen and oxygen atoms in total. The van der Waals surface area contributed by atoms with Crippen LogP contribution in [0.1, 0.15) is 40.5 Å². The molecular weight excluding hydrogens is 370 g/mol. The number of methoxy groups -OCH3 is 2. The Balaban J connectivity index is 1.91. The summed E-state index contributed by atoms with van der Waals surface area (Å²) in [7, 11) is 3.24. The van der Waals surface area contributed by atoms with Gasteiger partial charge in [-0.1, -0.05) is 0 Å². The fourth-order valence-electron chi connectivity index (χ4n) is 3.87. The van der Waals surface area contributed by atoms with Gasteiger partial charge in [0.1, 0.15) is 17.3 Å². The molecule has 1 aliphatic heterocycles. The van der Waals surface area contributed by atoms with Gasteiger partial charge < -0.3 is 14.8 Å². The molecule has 1 N–H and O–H groups in total. The first-order valence-electron chi connectivity index (χ1n) is 9.35. The molecule has 4 rings (SSSR count). The highest BCUT2D eigenvalue weighted by Gasteiger charge is 2.35. The second kappa shape index (κ2) is 7.20. The van der Waals surface area contributed by atoms with Crippen LogP contribution in [0.15, 0.2) is 24.3 Å². The molecule has 3 heterocycles. The average molecular weight is 393 g/mol. The lowest BCUT2D eigenvalue weighted by Gasteiger charge is -2.25. The van der Waals surface area contributed by atoms with Gasteiger partial charge in [0.15, 0.2) is 0 Å². The van der Waals surface area contributed by atoms with Crippen LogP contribution in [0.3, 0.4) is 0 Å². The number of carbonyl (C=O) groups excluding carboxylic acids is 1. The van der Waals surface area contributed by atoms with Crippen LogP contribution in [-0.2, 0) is 4.79 Å². The second-order valence-electron chi connectivity index (χ2n) is 7.12. The van der Waals surface area contributed by atoms with Gasteiger partial charge in [0, 0.05) is 34.9 Å². The molecule has 0 saturated heterocycles. The summed E-state index contributed by atoms with van der Waals surface area (Å²) in [6, 6.07) is 7.50. The highest BCUT2D eigenvalue weighted by atomic mass is 16.5. The zero-order valence-corrected chi connectivity index (χ0v) is 17.1. The zero-order chi connectivity index (χ0) is 20.7. The summed E-state index contributed by atoms with van der Waals surface area (Å²) >= 11 is 0. The van der Waals surface area contributed by atoms with Crippen LogP contribution in [0.2, 0.25) is 0 Å². The van der Waals surface area contributed by atoms with E-state index in [1.807, 2.05) is 45.0 Å². The van der Waals surface area contributed by atoms with Crippen LogP contribution in [0, 0.1) is 20.8 Å². The Hall–Kier alpha value is -3.42. The predicted molar refractivity (Wildman–Crippen MR) is 108 cm³/mol. The lowest BCUT2D eigenvalue weighted by Crippen LogP contribution is -2.25. The Morgan fingerprint density at radius 3 is 2.45 bits per heavy atom. The molecule has 0 fully saturated rings. The van der Waals surface area contributed by atoms with Crippen molar-refractivity contribution in [3.05, 3.63) is 52.5 Å². The summed E-state index contributed by atoms with van der Waals surface area (Å²) in [6.45, 7) is 5.74. The minimum Gasteiger partial charge on any atom is -0.497 e. The van der Waals surface area contributed by atoms with E-state index in [1.54, 1.807) is 18.9 Å². The van der Waals surface area contributed by atoms with E-state index in [-0.39, 0.29) is 18.2 Å². The monoisotopic (exact) mass is 393 g/mol. The fourth-order valence-corrected chi connectivity index (χ4v) is 3.87. The first-order chi connectivity index (χ1) is 13.9. The highest BCUT2D eigenvalue weighted by molar-refractivity contribution is 5.95. The van der Waals surface area contributed by atoms with E-state index < -0.39 is 0 Å². The number of ether oxygens (including phenoxy) is 2. The van der Waals surface area contributed by atoms with Gasteiger partial charge >= 0.3 is 0 Å². The molecule has 150 valence electrons. The van der Waals surface area contributed by atoms with Crippen LogP contribution in [0.5, 0.6) is 11.5 Å². The van der Waals surface area contributed by atoms with Gasteiger partial charge in [-0.3, -0.25) is 4.79 Å². The molecule has 2 aromatic heterocycles. The van der Waals surface area contributed by atoms with Crippen LogP contribution in [0.25, 0.3) is 5.95 Å². The third-order valence-corrected chi connectivity index (χ3v) is 5.07. The Bertz CT molecular complexity index is 1090. The summed E-state index contributed by atoms with van der Waals surface area (Å²) in [5, 5.41) is 7.62. The van der Waals surface area contributed by atoms with E-state index in [2.05, 4.69) is 20.4 Å². The fraction of sp³-hybridized carbons (Fsp3) is 0.333. The maximum Gasteiger partial charge on any atom is 0.252 e. The molecule has 1 amide bonds. The van der Waals surface area contributed by atoms with Crippen molar-refractivity contribution >= 4 is 11.7 Å². The maximum absolute atomic E-state index is 12.6. The smallest absolute Gasteiger partial charge is 0.252 e. The molecule has 1 unspecified atom stereocenters. The molecule has 0 radical (unpaired) electrons. The van der Waals surface area contributed by atoms with E-state index in [1.165, 1.54) is 0 Å². The summed E-state index contributed by atoms with van der Waals surface area (Å²) in [5.41, 5.74) is 4.29. The summed E-state index contributed by atoms with van der Waals surface area (Å²) < 4.78 is 12.6. The normalized spacial score (nSPS) is 15.6. The summed E-state index contributed by atoms with van der Waals surface area (Å²) in [4.78, 5) is 21.6. The molecular formula is C21H23N5O3. The minimum atomic E-state index is -0.219. The Labute approximate surface area is 168 Å². The van der Waals surface area contributed by atoms with Gasteiger partial charge in [0.05, 0.1) is 19.9 Å². The molecule has 3 aromatic rings. The van der Waals surface area contributed by atoms with Gasteiger partial charge in [-0.2, -0.15) is 9.78 Å². The van der Waals surface area contributed by atoms with Crippen molar-refractivity contribution in [2.45, 2.75) is 33.1 Å². The second-order valence-corrected chi connectivity index (χ2v) is 7.12. The lowest BCUT2D eigenvalue weighted by atomic mass is 9.85. The quantitative estimate of drug-likeness (QED) is 0.732. The largest absolute Gasteiger partial charge is 0.497 e. The number of carbonyl (C=O) groups is 1. The summed E-state index contributed by atoms with van der Waals surface area (Å²) in [5.74, 6) is 2.12. The predicted octanol–water partition coefficient (Wildman–Crippen LogP) is 3.08. The van der Waals surface area contributed by atoms with E-state index in [4.69, 9.17) is 9.47 Å². The van der Waals surface area contributed by atoms with Gasteiger partial charge in [-0.15, -0.1) is 0 Å². The number of aryl methyl sites for hydroxylation is 3. The number of amides is 1. The standard InChI is InChI=1S/C21H23N5O3/c1-11-8-12(2)23-21(22-11)26-20-19(13(3)25-26)16(10-18(27)24-20)15-9-14(28-4)6-7-17(15)29-5/h6-9,16H,10H2,1-5H3,(H,24,27). The van der Waals surface area contributed by atoms with Crippen molar-refractivity contribution in [3.63, 3.8) is 0 Å². The topological polar surface area (TPSA) is 91.2 Å². The van der Waals surface area contributed by atoms with Crippen LogP contribution >= 0.6 is 0 Å². The van der Waals surface area contributed by atoms with Crippen LogP contribution in [-0.4, -0.2) is 39.9 Å². The Kier molecular flexibility index (Phi) is 4.70. The zero-order valence-electron chi connectivity index (χ0n) is 17.1.